The Balaban J connectivity index is 2.13. The van der Waals surface area contributed by atoms with E-state index in [9.17, 15) is 4.79 Å². The average Bonchev–Trinajstić information content (AvgIpc) is 2.42. The first-order chi connectivity index (χ1) is 9.99. The largest absolute Gasteiger partial charge is 0.272 e. The number of hydrazone groups is 1. The minimum absolute atomic E-state index is 0.320. The molecule has 2 rings (SSSR count). The molecule has 0 saturated carbocycles. The predicted octanol–water partition coefficient (Wildman–Crippen LogP) is 4.03. The Bertz CT molecular complexity index is 685. The zero-order chi connectivity index (χ0) is 15.4. The summed E-state index contributed by atoms with van der Waals surface area (Å²) >= 11 is 5.97. The maximum Gasteiger partial charge on any atom is 0.272 e. The number of nitrogens with one attached hydrogen (secondary N) is 1. The normalized spacial score (nSPS) is 10.9. The van der Waals surface area contributed by atoms with Crippen LogP contribution in [0, 0.1) is 20.8 Å². The van der Waals surface area contributed by atoms with Gasteiger partial charge in [-0.3, -0.25) is 4.79 Å². The Hall–Kier alpha value is -2.13. The van der Waals surface area contributed by atoms with E-state index in [2.05, 4.69) is 29.6 Å². The van der Waals surface area contributed by atoms with Gasteiger partial charge in [-0.15, -0.1) is 0 Å². The lowest BCUT2D eigenvalue weighted by Crippen LogP contribution is -2.18. The van der Waals surface area contributed by atoms with Crippen molar-refractivity contribution in [3.63, 3.8) is 0 Å². The van der Waals surface area contributed by atoms with Crippen molar-refractivity contribution in [1.29, 1.82) is 0 Å². The summed E-state index contributed by atoms with van der Waals surface area (Å²) < 4.78 is 0. The third-order valence-corrected chi connectivity index (χ3v) is 3.55. The van der Waals surface area contributed by atoms with Crippen molar-refractivity contribution in [1.82, 2.24) is 5.43 Å². The van der Waals surface area contributed by atoms with E-state index in [0.717, 1.165) is 16.7 Å². The van der Waals surface area contributed by atoms with Crippen molar-refractivity contribution >= 4 is 23.7 Å². The molecule has 21 heavy (non-hydrogen) atoms. The van der Waals surface area contributed by atoms with Crippen molar-refractivity contribution in [3.8, 4) is 0 Å². The Morgan fingerprint density at radius 2 is 1.76 bits per heavy atom. The van der Waals surface area contributed by atoms with Crippen LogP contribution in [0.1, 0.15) is 32.6 Å². The minimum atomic E-state index is -0.320. The lowest BCUT2D eigenvalue weighted by atomic mass is 10.0. The highest BCUT2D eigenvalue weighted by Gasteiger charge is 2.08. The Kier molecular flexibility index (Phi) is 4.76. The van der Waals surface area contributed by atoms with Gasteiger partial charge in [-0.2, -0.15) is 5.10 Å². The Labute approximate surface area is 129 Å². The number of benzene rings is 2. The van der Waals surface area contributed by atoms with Crippen LogP contribution in [-0.4, -0.2) is 12.1 Å². The van der Waals surface area contributed by atoms with Crippen molar-refractivity contribution in [2.24, 2.45) is 5.10 Å². The smallest absolute Gasteiger partial charge is 0.267 e. The highest BCUT2D eigenvalue weighted by atomic mass is 35.5. The standard InChI is InChI=1S/C17H17ClN2O/c1-11-8-12(2)15(13(3)9-11)10-19-20-17(21)14-6-4-5-7-16(14)18/h4-10H,1-3H3,(H,20,21)/b19-10-. The monoisotopic (exact) mass is 300 g/mol. The molecule has 0 aromatic heterocycles. The molecule has 1 N–H and O–H groups in total. The summed E-state index contributed by atoms with van der Waals surface area (Å²) in [5, 5.41) is 4.44. The molecule has 0 unspecified atom stereocenters. The lowest BCUT2D eigenvalue weighted by molar-refractivity contribution is 0.0955. The zero-order valence-electron chi connectivity index (χ0n) is 12.3. The van der Waals surface area contributed by atoms with E-state index < -0.39 is 0 Å². The molecule has 0 aliphatic carbocycles. The van der Waals surface area contributed by atoms with Gasteiger partial charge in [-0.25, -0.2) is 5.43 Å². The first-order valence-corrected chi connectivity index (χ1v) is 7.02. The quantitative estimate of drug-likeness (QED) is 0.675. The van der Waals surface area contributed by atoms with Crippen LogP contribution in [0.15, 0.2) is 41.5 Å². The predicted molar refractivity (Wildman–Crippen MR) is 87.2 cm³/mol. The van der Waals surface area contributed by atoms with Crippen LogP contribution in [0.2, 0.25) is 5.02 Å². The second-order valence-corrected chi connectivity index (χ2v) is 5.40. The summed E-state index contributed by atoms with van der Waals surface area (Å²) in [5.41, 5.74) is 7.39. The number of halogens is 1. The topological polar surface area (TPSA) is 41.5 Å². The molecule has 0 atom stereocenters. The molecule has 108 valence electrons. The fraction of sp³-hybridized carbons (Fsp3) is 0.176. The van der Waals surface area contributed by atoms with Crippen molar-refractivity contribution < 1.29 is 4.79 Å². The van der Waals surface area contributed by atoms with Gasteiger partial charge < -0.3 is 0 Å². The van der Waals surface area contributed by atoms with Crippen molar-refractivity contribution in [2.45, 2.75) is 20.8 Å². The lowest BCUT2D eigenvalue weighted by Gasteiger charge is -2.07. The van der Waals surface area contributed by atoms with Gasteiger partial charge in [0.15, 0.2) is 0 Å². The molecule has 3 nitrogen and oxygen atoms in total. The molecule has 0 aliphatic rings. The van der Waals surface area contributed by atoms with Gasteiger partial charge in [-0.1, -0.05) is 41.4 Å². The van der Waals surface area contributed by atoms with Gasteiger partial charge in [-0.05, 0) is 44.0 Å². The van der Waals surface area contributed by atoms with Gasteiger partial charge in [0, 0.05) is 5.56 Å². The number of hydrogen-bond donors (Lipinski definition) is 1. The zero-order valence-corrected chi connectivity index (χ0v) is 13.0. The summed E-state index contributed by atoms with van der Waals surface area (Å²) in [5.74, 6) is -0.320. The van der Waals surface area contributed by atoms with E-state index in [4.69, 9.17) is 11.6 Å². The number of rotatable bonds is 3. The van der Waals surface area contributed by atoms with E-state index in [-0.39, 0.29) is 5.91 Å². The van der Waals surface area contributed by atoms with E-state index in [1.165, 1.54) is 5.56 Å². The summed E-state index contributed by atoms with van der Waals surface area (Å²) in [6, 6.07) is 11.1. The summed E-state index contributed by atoms with van der Waals surface area (Å²) in [7, 11) is 0. The molecular weight excluding hydrogens is 284 g/mol. The third-order valence-electron chi connectivity index (χ3n) is 3.22. The second-order valence-electron chi connectivity index (χ2n) is 4.99. The summed E-state index contributed by atoms with van der Waals surface area (Å²) in [6.45, 7) is 6.11. The van der Waals surface area contributed by atoms with Crippen LogP contribution in [-0.2, 0) is 0 Å². The number of hydrogen-bond acceptors (Lipinski definition) is 2. The molecule has 1 amide bonds. The highest BCUT2D eigenvalue weighted by molar-refractivity contribution is 6.33. The van der Waals surface area contributed by atoms with Crippen LogP contribution < -0.4 is 5.43 Å². The van der Waals surface area contributed by atoms with Gasteiger partial charge >= 0.3 is 0 Å². The van der Waals surface area contributed by atoms with Crippen molar-refractivity contribution in [3.05, 3.63) is 69.2 Å². The Morgan fingerprint density at radius 1 is 1.14 bits per heavy atom. The van der Waals surface area contributed by atoms with Gasteiger partial charge in [0.25, 0.3) is 5.91 Å². The molecule has 0 radical (unpaired) electrons. The first kappa shape index (κ1) is 15.3. The fourth-order valence-corrected chi connectivity index (χ4v) is 2.48. The van der Waals surface area contributed by atoms with Crippen LogP contribution >= 0.6 is 11.6 Å². The third kappa shape index (κ3) is 3.70. The maximum atomic E-state index is 12.0. The van der Waals surface area contributed by atoms with E-state index in [1.807, 2.05) is 13.8 Å². The molecule has 0 spiro atoms. The number of nitrogens with zero attached hydrogens (tertiary/aromatic N) is 1. The molecule has 2 aromatic carbocycles. The molecule has 2 aromatic rings. The molecule has 0 heterocycles. The number of aryl methyl sites for hydroxylation is 3. The number of amides is 1. The first-order valence-electron chi connectivity index (χ1n) is 6.65. The molecule has 0 saturated heterocycles. The number of carbonyl (C=O) groups is 1. The molecule has 0 aliphatic heterocycles. The highest BCUT2D eigenvalue weighted by Crippen LogP contribution is 2.15. The molecule has 0 fully saturated rings. The summed E-state index contributed by atoms with van der Waals surface area (Å²) in [6.07, 6.45) is 1.67. The summed E-state index contributed by atoms with van der Waals surface area (Å²) in [4.78, 5) is 12.0. The van der Waals surface area contributed by atoms with Crippen molar-refractivity contribution in [2.75, 3.05) is 0 Å². The van der Waals surface area contributed by atoms with E-state index in [0.29, 0.717) is 10.6 Å². The van der Waals surface area contributed by atoms with Crippen LogP contribution in [0.5, 0.6) is 0 Å². The molecular formula is C17H17ClN2O. The van der Waals surface area contributed by atoms with E-state index in [1.54, 1.807) is 30.5 Å². The minimum Gasteiger partial charge on any atom is -0.267 e. The van der Waals surface area contributed by atoms with Crippen LogP contribution in [0.25, 0.3) is 0 Å². The van der Waals surface area contributed by atoms with Gasteiger partial charge in [0.2, 0.25) is 0 Å². The molecule has 0 bridgehead atoms. The van der Waals surface area contributed by atoms with Gasteiger partial charge in [0.1, 0.15) is 0 Å². The number of carbonyl (C=O) groups excluding carboxylic acids is 1. The fourth-order valence-electron chi connectivity index (χ4n) is 2.26. The van der Waals surface area contributed by atoms with Crippen LogP contribution in [0.4, 0.5) is 0 Å². The van der Waals surface area contributed by atoms with Crippen LogP contribution in [0.3, 0.4) is 0 Å². The average molecular weight is 301 g/mol. The van der Waals surface area contributed by atoms with Gasteiger partial charge in [0.05, 0.1) is 16.8 Å². The maximum absolute atomic E-state index is 12.0. The second kappa shape index (κ2) is 6.55. The molecule has 4 heteroatoms. The SMILES string of the molecule is Cc1cc(C)c(/C=N\NC(=O)c2ccccc2Cl)c(C)c1. The van der Waals surface area contributed by atoms with E-state index >= 15 is 0 Å². The Morgan fingerprint density at radius 3 is 2.38 bits per heavy atom.